The highest BCUT2D eigenvalue weighted by Crippen LogP contribution is 2.45. The van der Waals surface area contributed by atoms with E-state index in [4.69, 9.17) is 4.74 Å². The molecule has 1 heterocycles. The van der Waals surface area contributed by atoms with E-state index in [0.717, 1.165) is 12.2 Å². The van der Waals surface area contributed by atoms with Crippen LogP contribution in [0.5, 0.6) is 5.75 Å². The summed E-state index contributed by atoms with van der Waals surface area (Å²) < 4.78 is 5.65. The normalized spacial score (nSPS) is 23.8. The van der Waals surface area contributed by atoms with E-state index in [1.165, 1.54) is 48.4 Å². The van der Waals surface area contributed by atoms with Crippen LogP contribution in [0.3, 0.4) is 0 Å². The van der Waals surface area contributed by atoms with E-state index in [2.05, 4.69) is 17.9 Å². The zero-order valence-electron chi connectivity index (χ0n) is 13.8. The first-order valence-corrected chi connectivity index (χ1v) is 8.36. The molecule has 1 amide bonds. The van der Waals surface area contributed by atoms with Gasteiger partial charge in [0.05, 0.1) is 0 Å². The van der Waals surface area contributed by atoms with Gasteiger partial charge in [-0.05, 0) is 50.4 Å². The van der Waals surface area contributed by atoms with Gasteiger partial charge in [-0.25, -0.2) is 4.79 Å². The van der Waals surface area contributed by atoms with Crippen LogP contribution in [0.1, 0.15) is 43.2 Å². The second-order valence-electron chi connectivity index (χ2n) is 6.63. The Bertz CT molecular complexity index is 556. The van der Waals surface area contributed by atoms with Crippen LogP contribution in [0.4, 0.5) is 4.79 Å². The lowest BCUT2D eigenvalue weighted by molar-refractivity contribution is 0.170. The number of carbonyl (C=O) groups is 1. The van der Waals surface area contributed by atoms with Crippen molar-refractivity contribution in [3.8, 4) is 5.75 Å². The summed E-state index contributed by atoms with van der Waals surface area (Å²) >= 11 is 0. The van der Waals surface area contributed by atoms with Crippen molar-refractivity contribution in [2.45, 2.75) is 44.6 Å². The molecule has 22 heavy (non-hydrogen) atoms. The molecule has 1 fully saturated rings. The molecule has 0 bridgehead atoms. The van der Waals surface area contributed by atoms with E-state index in [0.29, 0.717) is 12.0 Å². The fourth-order valence-electron chi connectivity index (χ4n) is 4.01. The van der Waals surface area contributed by atoms with E-state index >= 15 is 0 Å². The Morgan fingerprint density at radius 1 is 1.36 bits per heavy atom. The highest BCUT2D eigenvalue weighted by Gasteiger charge is 2.39. The van der Waals surface area contributed by atoms with Gasteiger partial charge in [-0.1, -0.05) is 19.1 Å². The topological polar surface area (TPSA) is 32.8 Å². The Labute approximate surface area is 133 Å². The van der Waals surface area contributed by atoms with E-state index in [1.807, 2.05) is 12.1 Å². The Morgan fingerprint density at radius 2 is 2.18 bits per heavy atom. The van der Waals surface area contributed by atoms with Gasteiger partial charge in [0.15, 0.2) is 0 Å². The van der Waals surface area contributed by atoms with Gasteiger partial charge in [0.25, 0.3) is 0 Å². The second kappa shape index (κ2) is 6.29. The van der Waals surface area contributed by atoms with Crippen molar-refractivity contribution >= 4 is 6.09 Å². The molecule has 120 valence electrons. The molecule has 2 aliphatic rings. The molecule has 2 atom stereocenters. The average Bonchev–Trinajstić information content (AvgIpc) is 2.91. The van der Waals surface area contributed by atoms with Crippen LogP contribution >= 0.6 is 0 Å². The molecule has 1 aliphatic heterocycles. The number of likely N-dealkylation sites (tertiary alicyclic amines) is 1. The fourth-order valence-corrected chi connectivity index (χ4v) is 4.01. The third-order valence-electron chi connectivity index (χ3n) is 4.97. The molecule has 4 nitrogen and oxygen atoms in total. The molecule has 1 aromatic carbocycles. The number of hydrogen-bond acceptors (Lipinski definition) is 3. The monoisotopic (exact) mass is 302 g/mol. The number of hydrogen-bond donors (Lipinski definition) is 0. The average molecular weight is 302 g/mol. The Kier molecular flexibility index (Phi) is 4.39. The summed E-state index contributed by atoms with van der Waals surface area (Å²) in [6.45, 7) is 4.59. The van der Waals surface area contributed by atoms with Crippen molar-refractivity contribution in [2.24, 2.45) is 0 Å². The Hall–Kier alpha value is -1.55. The Morgan fingerprint density at radius 3 is 2.91 bits per heavy atom. The standard InChI is InChI=1S/C18H26N2O2/c1-4-11-20-12-10-14-15(20)9-8-13-6-5-7-16(17(13)14)22-18(21)19(2)3/h5-7,14-15H,4,8-12H2,1-3H3. The van der Waals surface area contributed by atoms with E-state index in [9.17, 15) is 4.79 Å². The summed E-state index contributed by atoms with van der Waals surface area (Å²) in [4.78, 5) is 16.1. The molecular formula is C18H26N2O2. The lowest BCUT2D eigenvalue weighted by Gasteiger charge is -2.34. The van der Waals surface area contributed by atoms with Crippen LogP contribution in [-0.2, 0) is 6.42 Å². The highest BCUT2D eigenvalue weighted by atomic mass is 16.6. The number of rotatable bonds is 3. The van der Waals surface area contributed by atoms with Crippen LogP contribution in [0, 0.1) is 0 Å². The van der Waals surface area contributed by atoms with Crippen molar-refractivity contribution < 1.29 is 9.53 Å². The maximum absolute atomic E-state index is 12.0. The van der Waals surface area contributed by atoms with Gasteiger partial charge < -0.3 is 9.64 Å². The lowest BCUT2D eigenvalue weighted by Crippen LogP contribution is -2.36. The van der Waals surface area contributed by atoms with Crippen LogP contribution in [-0.4, -0.2) is 49.1 Å². The molecule has 0 spiro atoms. The molecule has 3 rings (SSSR count). The third kappa shape index (κ3) is 2.72. The summed E-state index contributed by atoms with van der Waals surface area (Å²) in [7, 11) is 3.44. The van der Waals surface area contributed by atoms with Crippen molar-refractivity contribution in [1.82, 2.24) is 9.80 Å². The van der Waals surface area contributed by atoms with E-state index in [-0.39, 0.29) is 6.09 Å². The van der Waals surface area contributed by atoms with Gasteiger partial charge in [0.1, 0.15) is 5.75 Å². The predicted octanol–water partition coefficient (Wildman–Crippen LogP) is 3.26. The van der Waals surface area contributed by atoms with Gasteiger partial charge in [0, 0.05) is 31.6 Å². The SMILES string of the molecule is CCCN1CCC2c3c(cccc3OC(=O)N(C)C)CCC21. The first-order chi connectivity index (χ1) is 10.6. The van der Waals surface area contributed by atoms with Crippen LogP contribution < -0.4 is 4.74 Å². The number of amides is 1. The summed E-state index contributed by atoms with van der Waals surface area (Å²) in [6.07, 6.45) is 4.40. The number of fused-ring (bicyclic) bond motifs is 3. The first-order valence-electron chi connectivity index (χ1n) is 8.36. The molecule has 1 saturated heterocycles. The third-order valence-corrected chi connectivity index (χ3v) is 4.97. The molecule has 0 aromatic heterocycles. The largest absolute Gasteiger partial charge is 0.414 e. The number of carbonyl (C=O) groups excluding carboxylic acids is 1. The van der Waals surface area contributed by atoms with Crippen LogP contribution in [0.15, 0.2) is 18.2 Å². The molecule has 2 unspecified atom stereocenters. The first kappa shape index (κ1) is 15.3. The van der Waals surface area contributed by atoms with Gasteiger partial charge in [-0.2, -0.15) is 0 Å². The van der Waals surface area contributed by atoms with Gasteiger partial charge in [0.2, 0.25) is 0 Å². The lowest BCUT2D eigenvalue weighted by atomic mass is 9.79. The molecule has 4 heteroatoms. The number of nitrogens with zero attached hydrogens (tertiary/aromatic N) is 2. The van der Waals surface area contributed by atoms with Crippen molar-refractivity contribution in [1.29, 1.82) is 0 Å². The smallest absolute Gasteiger partial charge is 0.410 e. The number of benzene rings is 1. The summed E-state index contributed by atoms with van der Waals surface area (Å²) in [6, 6.07) is 6.77. The minimum atomic E-state index is -0.293. The minimum absolute atomic E-state index is 0.293. The summed E-state index contributed by atoms with van der Waals surface area (Å²) in [5.41, 5.74) is 2.65. The van der Waals surface area contributed by atoms with Crippen molar-refractivity contribution in [3.05, 3.63) is 29.3 Å². The maximum Gasteiger partial charge on any atom is 0.414 e. The molecule has 0 N–H and O–H groups in total. The molecule has 1 aliphatic carbocycles. The highest BCUT2D eigenvalue weighted by molar-refractivity contribution is 5.71. The van der Waals surface area contributed by atoms with E-state index in [1.54, 1.807) is 14.1 Å². The van der Waals surface area contributed by atoms with Crippen molar-refractivity contribution in [3.63, 3.8) is 0 Å². The fraction of sp³-hybridized carbons (Fsp3) is 0.611. The molecule has 0 saturated carbocycles. The summed E-state index contributed by atoms with van der Waals surface area (Å²) in [5.74, 6) is 1.28. The molecule has 1 aromatic rings. The van der Waals surface area contributed by atoms with E-state index < -0.39 is 0 Å². The van der Waals surface area contributed by atoms with Crippen LogP contribution in [0.2, 0.25) is 0 Å². The van der Waals surface area contributed by atoms with Gasteiger partial charge >= 0.3 is 6.09 Å². The van der Waals surface area contributed by atoms with Crippen molar-refractivity contribution in [2.75, 3.05) is 27.2 Å². The second-order valence-corrected chi connectivity index (χ2v) is 6.63. The Balaban J connectivity index is 1.90. The zero-order valence-corrected chi connectivity index (χ0v) is 13.8. The molecular weight excluding hydrogens is 276 g/mol. The summed E-state index contributed by atoms with van der Waals surface area (Å²) in [5, 5.41) is 0. The minimum Gasteiger partial charge on any atom is -0.410 e. The number of ether oxygens (including phenoxy) is 1. The molecule has 0 radical (unpaired) electrons. The predicted molar refractivity (Wildman–Crippen MR) is 87.5 cm³/mol. The maximum atomic E-state index is 12.0. The van der Waals surface area contributed by atoms with Gasteiger partial charge in [-0.15, -0.1) is 0 Å². The van der Waals surface area contributed by atoms with Crippen LogP contribution in [0.25, 0.3) is 0 Å². The number of aryl methyl sites for hydroxylation is 1. The van der Waals surface area contributed by atoms with Gasteiger partial charge in [-0.3, -0.25) is 4.90 Å². The quantitative estimate of drug-likeness (QED) is 0.859. The zero-order chi connectivity index (χ0) is 15.7.